The van der Waals surface area contributed by atoms with Crippen molar-refractivity contribution >= 4 is 27.5 Å². The van der Waals surface area contributed by atoms with E-state index in [-0.39, 0.29) is 25.0 Å². The highest BCUT2D eigenvalue weighted by atomic mass is 32.2. The van der Waals surface area contributed by atoms with Crippen molar-refractivity contribution in [3.63, 3.8) is 0 Å². The monoisotopic (exact) mass is 329 g/mol. The second-order valence-corrected chi connectivity index (χ2v) is 6.24. The molecule has 0 aliphatic rings. The lowest BCUT2D eigenvalue weighted by Crippen LogP contribution is -2.36. The molecule has 1 rings (SSSR count). The topological polar surface area (TPSA) is 114 Å². The molecule has 8 nitrogen and oxygen atoms in total. The summed E-state index contributed by atoms with van der Waals surface area (Å²) in [4.78, 5) is 22.9. The van der Waals surface area contributed by atoms with Gasteiger partial charge >= 0.3 is 0 Å². The first-order valence-corrected chi connectivity index (χ1v) is 8.32. The van der Waals surface area contributed by atoms with Gasteiger partial charge in [0.05, 0.1) is 6.26 Å². The lowest BCUT2D eigenvalue weighted by atomic mass is 10.2. The lowest BCUT2D eigenvalue weighted by Gasteiger charge is -2.08. The van der Waals surface area contributed by atoms with Gasteiger partial charge in [0.1, 0.15) is 6.61 Å². The smallest absolute Gasteiger partial charge is 0.251 e. The van der Waals surface area contributed by atoms with Crippen LogP contribution in [0.4, 0.5) is 5.69 Å². The zero-order valence-electron chi connectivity index (χ0n) is 12.4. The number of hydrogen-bond donors (Lipinski definition) is 3. The van der Waals surface area contributed by atoms with E-state index in [2.05, 4.69) is 20.1 Å². The van der Waals surface area contributed by atoms with E-state index in [1.807, 2.05) is 0 Å². The quantitative estimate of drug-likeness (QED) is 0.559. The molecule has 0 saturated carbocycles. The van der Waals surface area contributed by atoms with Gasteiger partial charge in [0.25, 0.3) is 5.91 Å². The molecule has 0 atom stereocenters. The second-order valence-electron chi connectivity index (χ2n) is 4.49. The highest BCUT2D eigenvalue weighted by molar-refractivity contribution is 7.92. The first-order chi connectivity index (χ1) is 10.3. The van der Waals surface area contributed by atoms with Crippen LogP contribution in [0.5, 0.6) is 0 Å². The molecule has 0 spiro atoms. The summed E-state index contributed by atoms with van der Waals surface area (Å²) in [7, 11) is -1.92. The van der Waals surface area contributed by atoms with Crippen molar-refractivity contribution in [1.82, 2.24) is 10.6 Å². The van der Waals surface area contributed by atoms with E-state index in [9.17, 15) is 18.0 Å². The van der Waals surface area contributed by atoms with E-state index < -0.39 is 10.0 Å². The summed E-state index contributed by atoms with van der Waals surface area (Å²) in [6, 6.07) is 6.01. The van der Waals surface area contributed by atoms with Gasteiger partial charge in [0.15, 0.2) is 0 Å². The van der Waals surface area contributed by atoms with E-state index in [0.29, 0.717) is 17.8 Å². The number of carbonyl (C=O) groups excluding carboxylic acids is 2. The van der Waals surface area contributed by atoms with Crippen LogP contribution < -0.4 is 15.4 Å². The summed E-state index contributed by atoms with van der Waals surface area (Å²) in [5, 5.41) is 5.20. The van der Waals surface area contributed by atoms with E-state index in [1.54, 1.807) is 0 Å². The number of benzene rings is 1. The second kappa shape index (κ2) is 8.35. The molecular weight excluding hydrogens is 310 g/mol. The van der Waals surface area contributed by atoms with Gasteiger partial charge in [0, 0.05) is 31.5 Å². The number of ether oxygens (including phenoxy) is 1. The van der Waals surface area contributed by atoms with Crippen molar-refractivity contribution in [1.29, 1.82) is 0 Å². The zero-order valence-corrected chi connectivity index (χ0v) is 13.2. The Hall–Kier alpha value is -2.13. The molecule has 1 aromatic rings. The molecule has 1 aromatic carbocycles. The SMILES string of the molecule is COCC(=O)NCCNC(=O)c1ccc(NS(C)(=O)=O)cc1. The first-order valence-electron chi connectivity index (χ1n) is 6.43. The van der Waals surface area contributed by atoms with E-state index in [1.165, 1.54) is 31.4 Å². The van der Waals surface area contributed by atoms with Gasteiger partial charge in [-0.15, -0.1) is 0 Å². The zero-order chi connectivity index (χ0) is 16.6. The predicted molar refractivity (Wildman–Crippen MR) is 82.1 cm³/mol. The Bertz CT molecular complexity index is 613. The predicted octanol–water partition coefficient (Wildman–Crippen LogP) is -0.449. The van der Waals surface area contributed by atoms with Crippen LogP contribution in [-0.4, -0.2) is 53.3 Å². The molecule has 0 bridgehead atoms. The Morgan fingerprint density at radius 2 is 1.68 bits per heavy atom. The number of rotatable bonds is 8. The Morgan fingerprint density at radius 3 is 2.23 bits per heavy atom. The van der Waals surface area contributed by atoms with Crippen molar-refractivity contribution in [3.05, 3.63) is 29.8 Å². The summed E-state index contributed by atoms with van der Waals surface area (Å²) >= 11 is 0. The van der Waals surface area contributed by atoms with Crippen LogP contribution in [-0.2, 0) is 19.6 Å². The third kappa shape index (κ3) is 7.04. The Morgan fingerprint density at radius 1 is 1.09 bits per heavy atom. The van der Waals surface area contributed by atoms with Crippen LogP contribution in [0.15, 0.2) is 24.3 Å². The normalized spacial score (nSPS) is 10.8. The van der Waals surface area contributed by atoms with Crippen LogP contribution in [0.1, 0.15) is 10.4 Å². The molecule has 122 valence electrons. The average molecular weight is 329 g/mol. The molecule has 0 aliphatic heterocycles. The minimum Gasteiger partial charge on any atom is -0.375 e. The Labute approximate surface area is 129 Å². The maximum atomic E-state index is 11.8. The summed E-state index contributed by atoms with van der Waals surface area (Å²) in [5.41, 5.74) is 0.771. The van der Waals surface area contributed by atoms with Crippen LogP contribution in [0.2, 0.25) is 0 Å². The van der Waals surface area contributed by atoms with Crippen molar-refractivity contribution in [2.75, 3.05) is 37.8 Å². The van der Waals surface area contributed by atoms with Gasteiger partial charge in [-0.3, -0.25) is 14.3 Å². The fourth-order valence-electron chi connectivity index (χ4n) is 1.57. The number of carbonyl (C=O) groups is 2. The average Bonchev–Trinajstić information content (AvgIpc) is 2.43. The molecule has 0 radical (unpaired) electrons. The standard InChI is InChI=1S/C13H19N3O5S/c1-21-9-12(17)14-7-8-15-13(18)10-3-5-11(6-4-10)16-22(2,19)20/h3-6,16H,7-9H2,1-2H3,(H,14,17)(H,15,18). The Balaban J connectivity index is 2.41. The maximum Gasteiger partial charge on any atom is 0.251 e. The number of hydrogen-bond acceptors (Lipinski definition) is 5. The van der Waals surface area contributed by atoms with Gasteiger partial charge in [-0.25, -0.2) is 8.42 Å². The molecule has 0 fully saturated rings. The Kier molecular flexibility index (Phi) is 6.80. The summed E-state index contributed by atoms with van der Waals surface area (Å²) in [6.45, 7) is 0.544. The summed E-state index contributed by atoms with van der Waals surface area (Å²) in [5.74, 6) is -0.570. The third-order valence-electron chi connectivity index (χ3n) is 2.46. The van der Waals surface area contributed by atoms with E-state index in [4.69, 9.17) is 0 Å². The van der Waals surface area contributed by atoms with Crippen molar-refractivity contribution in [2.24, 2.45) is 0 Å². The first kappa shape index (κ1) is 17.9. The summed E-state index contributed by atoms with van der Waals surface area (Å²) in [6.07, 6.45) is 1.05. The molecule has 0 aliphatic carbocycles. The fourth-order valence-corrected chi connectivity index (χ4v) is 2.13. The number of nitrogens with one attached hydrogen (secondary N) is 3. The molecule has 0 aromatic heterocycles. The molecule has 9 heteroatoms. The molecule has 2 amide bonds. The number of methoxy groups -OCH3 is 1. The number of sulfonamides is 1. The van der Waals surface area contributed by atoms with Gasteiger partial charge in [0.2, 0.25) is 15.9 Å². The fraction of sp³-hybridized carbons (Fsp3) is 0.385. The molecule has 3 N–H and O–H groups in total. The molecular formula is C13H19N3O5S. The molecule has 0 unspecified atom stereocenters. The summed E-state index contributed by atoms with van der Waals surface area (Å²) < 4.78 is 29.1. The van der Waals surface area contributed by atoms with Crippen LogP contribution in [0, 0.1) is 0 Å². The molecule has 0 saturated heterocycles. The molecule has 0 heterocycles. The van der Waals surface area contributed by atoms with Gasteiger partial charge in [-0.05, 0) is 24.3 Å². The van der Waals surface area contributed by atoms with E-state index in [0.717, 1.165) is 6.26 Å². The van der Waals surface area contributed by atoms with Gasteiger partial charge < -0.3 is 15.4 Å². The highest BCUT2D eigenvalue weighted by Crippen LogP contribution is 2.10. The third-order valence-corrected chi connectivity index (χ3v) is 3.06. The van der Waals surface area contributed by atoms with Crippen molar-refractivity contribution < 1.29 is 22.7 Å². The van der Waals surface area contributed by atoms with Crippen LogP contribution >= 0.6 is 0 Å². The maximum absolute atomic E-state index is 11.8. The number of amides is 2. The molecule has 22 heavy (non-hydrogen) atoms. The number of anilines is 1. The van der Waals surface area contributed by atoms with Gasteiger partial charge in [-0.2, -0.15) is 0 Å². The largest absolute Gasteiger partial charge is 0.375 e. The minimum atomic E-state index is -3.34. The highest BCUT2D eigenvalue weighted by Gasteiger charge is 2.07. The van der Waals surface area contributed by atoms with Crippen molar-refractivity contribution in [3.8, 4) is 0 Å². The van der Waals surface area contributed by atoms with Crippen LogP contribution in [0.25, 0.3) is 0 Å². The minimum absolute atomic E-state index is 0.0251. The van der Waals surface area contributed by atoms with Gasteiger partial charge in [-0.1, -0.05) is 0 Å². The van der Waals surface area contributed by atoms with E-state index >= 15 is 0 Å². The van der Waals surface area contributed by atoms with Crippen molar-refractivity contribution in [2.45, 2.75) is 0 Å². The van der Waals surface area contributed by atoms with Crippen LogP contribution in [0.3, 0.4) is 0 Å². The lowest BCUT2D eigenvalue weighted by molar-refractivity contribution is -0.124.